The highest BCUT2D eigenvalue weighted by atomic mass is 16.7. The number of carbonyl (C=O) groups is 4. The van der Waals surface area contributed by atoms with Crippen LogP contribution in [0.25, 0.3) is 0 Å². The molecule has 0 aliphatic carbocycles. The molecule has 0 spiro atoms. The van der Waals surface area contributed by atoms with Gasteiger partial charge < -0.3 is 18.9 Å². The lowest BCUT2D eigenvalue weighted by Crippen LogP contribution is -2.30. The summed E-state index contributed by atoms with van der Waals surface area (Å²) in [5.41, 5.74) is 0. The standard InChI is InChI=1S/C11H14O8/c1-4-16-6-18-9(13)5-17-11(15)8(3)19-10(14)7(2)12/h4,8H,1,5-6H2,2-3H3. The van der Waals surface area contributed by atoms with Gasteiger partial charge >= 0.3 is 17.9 Å². The molecule has 1 unspecified atom stereocenters. The maximum Gasteiger partial charge on any atom is 0.375 e. The number of ketones is 1. The molecule has 0 fully saturated rings. The quantitative estimate of drug-likeness (QED) is 0.148. The van der Waals surface area contributed by atoms with Crippen molar-refractivity contribution in [2.75, 3.05) is 13.4 Å². The van der Waals surface area contributed by atoms with Crippen molar-refractivity contribution in [2.24, 2.45) is 0 Å². The Hall–Kier alpha value is -2.38. The summed E-state index contributed by atoms with van der Waals surface area (Å²) < 4.78 is 17.9. The van der Waals surface area contributed by atoms with Gasteiger partial charge in [-0.3, -0.25) is 4.79 Å². The molecule has 0 rings (SSSR count). The molecule has 0 N–H and O–H groups in total. The molecule has 0 radical (unpaired) electrons. The second kappa shape index (κ2) is 8.67. The van der Waals surface area contributed by atoms with Crippen molar-refractivity contribution in [2.45, 2.75) is 20.0 Å². The van der Waals surface area contributed by atoms with Gasteiger partial charge in [-0.15, -0.1) is 0 Å². The van der Waals surface area contributed by atoms with E-state index in [1.807, 2.05) is 0 Å². The lowest BCUT2D eigenvalue weighted by Gasteiger charge is -2.11. The lowest BCUT2D eigenvalue weighted by molar-refractivity contribution is -0.174. The molecule has 19 heavy (non-hydrogen) atoms. The van der Waals surface area contributed by atoms with Gasteiger partial charge in [-0.05, 0) is 6.92 Å². The predicted octanol–water partition coefficient (Wildman–Crippen LogP) is -0.289. The van der Waals surface area contributed by atoms with Crippen LogP contribution in [-0.4, -0.2) is 43.2 Å². The Kier molecular flexibility index (Phi) is 7.59. The van der Waals surface area contributed by atoms with Crippen LogP contribution in [0.2, 0.25) is 0 Å². The van der Waals surface area contributed by atoms with Crippen molar-refractivity contribution in [3.8, 4) is 0 Å². The minimum Gasteiger partial charge on any atom is -0.466 e. The number of ether oxygens (including phenoxy) is 4. The first-order chi connectivity index (χ1) is 8.88. The summed E-state index contributed by atoms with van der Waals surface area (Å²) in [5, 5.41) is 0. The van der Waals surface area contributed by atoms with Crippen molar-refractivity contribution < 1.29 is 38.1 Å². The zero-order valence-corrected chi connectivity index (χ0v) is 10.5. The minimum absolute atomic E-state index is 0.352. The van der Waals surface area contributed by atoms with Crippen LogP contribution in [0.15, 0.2) is 12.8 Å². The fourth-order valence-electron chi connectivity index (χ4n) is 0.729. The molecule has 0 aliphatic heterocycles. The van der Waals surface area contributed by atoms with Crippen LogP contribution < -0.4 is 0 Å². The van der Waals surface area contributed by atoms with Crippen molar-refractivity contribution in [3.05, 3.63) is 12.8 Å². The van der Waals surface area contributed by atoms with Crippen LogP contribution in [0.5, 0.6) is 0 Å². The van der Waals surface area contributed by atoms with Gasteiger partial charge in [-0.1, -0.05) is 6.58 Å². The van der Waals surface area contributed by atoms with E-state index in [9.17, 15) is 19.2 Å². The SMILES string of the molecule is C=COCOC(=O)COC(=O)C(C)OC(=O)C(C)=O. The van der Waals surface area contributed by atoms with Crippen molar-refractivity contribution in [3.63, 3.8) is 0 Å². The van der Waals surface area contributed by atoms with Crippen LogP contribution >= 0.6 is 0 Å². The fourth-order valence-corrected chi connectivity index (χ4v) is 0.729. The van der Waals surface area contributed by atoms with E-state index in [1.165, 1.54) is 6.92 Å². The van der Waals surface area contributed by atoms with E-state index in [1.54, 1.807) is 0 Å². The second-order valence-corrected chi connectivity index (χ2v) is 3.18. The summed E-state index contributed by atoms with van der Waals surface area (Å²) in [6.45, 7) is 4.41. The highest BCUT2D eigenvalue weighted by Crippen LogP contribution is 1.97. The van der Waals surface area contributed by atoms with Gasteiger partial charge in [-0.25, -0.2) is 14.4 Å². The number of carbonyl (C=O) groups excluding carboxylic acids is 4. The number of esters is 3. The first-order valence-electron chi connectivity index (χ1n) is 5.14. The summed E-state index contributed by atoms with van der Waals surface area (Å²) in [7, 11) is 0. The monoisotopic (exact) mass is 274 g/mol. The Morgan fingerprint density at radius 3 is 2.37 bits per heavy atom. The molecule has 1 atom stereocenters. The van der Waals surface area contributed by atoms with E-state index in [-0.39, 0.29) is 6.79 Å². The third kappa shape index (κ3) is 7.53. The summed E-state index contributed by atoms with van der Waals surface area (Å²) in [6, 6.07) is 0. The average molecular weight is 274 g/mol. The van der Waals surface area contributed by atoms with Crippen molar-refractivity contribution >= 4 is 23.7 Å². The number of Topliss-reactive ketones (excluding diaryl/α,β-unsaturated/α-hetero) is 1. The van der Waals surface area contributed by atoms with Gasteiger partial charge in [-0.2, -0.15) is 0 Å². The smallest absolute Gasteiger partial charge is 0.375 e. The Bertz CT molecular complexity index is 373. The molecule has 8 heteroatoms. The van der Waals surface area contributed by atoms with Crippen molar-refractivity contribution in [1.29, 1.82) is 0 Å². The van der Waals surface area contributed by atoms with E-state index in [2.05, 4.69) is 25.5 Å². The minimum atomic E-state index is -1.30. The third-order valence-corrected chi connectivity index (χ3v) is 1.64. The van der Waals surface area contributed by atoms with E-state index in [0.717, 1.165) is 13.2 Å². The average Bonchev–Trinajstić information content (AvgIpc) is 2.35. The predicted molar refractivity (Wildman–Crippen MR) is 59.4 cm³/mol. The Balaban J connectivity index is 3.96. The maximum atomic E-state index is 11.3. The largest absolute Gasteiger partial charge is 0.466 e. The second-order valence-electron chi connectivity index (χ2n) is 3.18. The van der Waals surface area contributed by atoms with Gasteiger partial charge in [0.25, 0.3) is 0 Å². The molecule has 0 aromatic carbocycles. The molecule has 0 aromatic rings. The van der Waals surface area contributed by atoms with E-state index >= 15 is 0 Å². The summed E-state index contributed by atoms with van der Waals surface area (Å²) in [4.78, 5) is 43.7. The summed E-state index contributed by atoms with van der Waals surface area (Å²) in [6.07, 6.45) is -0.226. The van der Waals surface area contributed by atoms with Gasteiger partial charge in [0.1, 0.15) is 0 Å². The highest BCUT2D eigenvalue weighted by molar-refractivity contribution is 6.32. The van der Waals surface area contributed by atoms with Crippen LogP contribution in [-0.2, 0) is 38.1 Å². The van der Waals surface area contributed by atoms with Gasteiger partial charge in [0.2, 0.25) is 12.6 Å². The maximum absolute atomic E-state index is 11.3. The van der Waals surface area contributed by atoms with Crippen molar-refractivity contribution in [1.82, 2.24) is 0 Å². The van der Waals surface area contributed by atoms with Gasteiger partial charge in [0, 0.05) is 6.92 Å². The number of hydrogen-bond acceptors (Lipinski definition) is 8. The molecule has 0 heterocycles. The van der Waals surface area contributed by atoms with E-state index in [0.29, 0.717) is 0 Å². The van der Waals surface area contributed by atoms with Crippen LogP contribution in [0.4, 0.5) is 0 Å². The van der Waals surface area contributed by atoms with Crippen LogP contribution in [0.3, 0.4) is 0 Å². The molecular weight excluding hydrogens is 260 g/mol. The van der Waals surface area contributed by atoms with Gasteiger partial charge in [0.15, 0.2) is 12.7 Å². The zero-order chi connectivity index (χ0) is 14.8. The first kappa shape index (κ1) is 16.6. The Labute approximate surface area is 109 Å². The van der Waals surface area contributed by atoms with Gasteiger partial charge in [0.05, 0.1) is 6.26 Å². The molecular formula is C11H14O8. The molecule has 0 aliphatic rings. The highest BCUT2D eigenvalue weighted by Gasteiger charge is 2.22. The third-order valence-electron chi connectivity index (χ3n) is 1.64. The molecule has 0 bridgehead atoms. The van der Waals surface area contributed by atoms with Crippen LogP contribution in [0, 0.1) is 0 Å². The number of hydrogen-bond donors (Lipinski definition) is 0. The number of rotatable bonds is 8. The van der Waals surface area contributed by atoms with E-state index in [4.69, 9.17) is 0 Å². The molecule has 0 amide bonds. The lowest BCUT2D eigenvalue weighted by atomic mass is 10.4. The van der Waals surface area contributed by atoms with E-state index < -0.39 is 36.4 Å². The molecule has 106 valence electrons. The van der Waals surface area contributed by atoms with Crippen LogP contribution in [0.1, 0.15) is 13.8 Å². The molecule has 0 aromatic heterocycles. The Morgan fingerprint density at radius 2 is 1.84 bits per heavy atom. The molecule has 8 nitrogen and oxygen atoms in total. The topological polar surface area (TPSA) is 105 Å². The Morgan fingerprint density at radius 1 is 1.21 bits per heavy atom. The normalized spacial score (nSPS) is 10.8. The fraction of sp³-hybridized carbons (Fsp3) is 0.455. The summed E-state index contributed by atoms with van der Waals surface area (Å²) >= 11 is 0. The first-order valence-corrected chi connectivity index (χ1v) is 5.14. The summed E-state index contributed by atoms with van der Waals surface area (Å²) in [5.74, 6) is -3.83. The zero-order valence-electron chi connectivity index (χ0n) is 10.5. The molecule has 0 saturated carbocycles. The molecule has 0 saturated heterocycles.